The molecule has 14 heavy (non-hydrogen) atoms. The van der Waals surface area contributed by atoms with Crippen LogP contribution in [0.4, 0.5) is 0 Å². The average molecular weight is 193 g/mol. The SMILES string of the molecule is CC[C@@H](CO)NCc1ccccc1C. The van der Waals surface area contributed by atoms with Gasteiger partial charge >= 0.3 is 0 Å². The Morgan fingerprint density at radius 2 is 2.07 bits per heavy atom. The molecule has 2 N–H and O–H groups in total. The molecule has 2 heteroatoms. The Morgan fingerprint density at radius 1 is 1.36 bits per heavy atom. The summed E-state index contributed by atoms with van der Waals surface area (Å²) < 4.78 is 0. The molecule has 0 saturated heterocycles. The molecule has 1 aromatic rings. The number of nitrogens with one attached hydrogen (secondary N) is 1. The molecule has 0 unspecified atom stereocenters. The molecule has 0 saturated carbocycles. The lowest BCUT2D eigenvalue weighted by Crippen LogP contribution is -2.31. The highest BCUT2D eigenvalue weighted by atomic mass is 16.3. The number of aryl methyl sites for hydroxylation is 1. The van der Waals surface area contributed by atoms with Crippen LogP contribution >= 0.6 is 0 Å². The van der Waals surface area contributed by atoms with E-state index in [0.717, 1.165) is 13.0 Å². The van der Waals surface area contributed by atoms with Crippen molar-refractivity contribution in [1.29, 1.82) is 0 Å². The summed E-state index contributed by atoms with van der Waals surface area (Å²) in [4.78, 5) is 0. The highest BCUT2D eigenvalue weighted by Crippen LogP contribution is 2.06. The Balaban J connectivity index is 2.49. The van der Waals surface area contributed by atoms with Crippen LogP contribution in [-0.4, -0.2) is 17.8 Å². The van der Waals surface area contributed by atoms with Gasteiger partial charge in [-0.2, -0.15) is 0 Å². The summed E-state index contributed by atoms with van der Waals surface area (Å²) in [5.41, 5.74) is 2.60. The molecule has 0 amide bonds. The Hall–Kier alpha value is -0.860. The van der Waals surface area contributed by atoms with Crippen LogP contribution in [0.2, 0.25) is 0 Å². The summed E-state index contributed by atoms with van der Waals surface area (Å²) in [5, 5.41) is 12.3. The molecular formula is C12H19NO. The van der Waals surface area contributed by atoms with Gasteiger partial charge in [-0.3, -0.25) is 0 Å². The molecule has 0 aromatic heterocycles. The smallest absolute Gasteiger partial charge is 0.0584 e. The third-order valence-corrected chi connectivity index (χ3v) is 2.56. The molecule has 0 aliphatic rings. The van der Waals surface area contributed by atoms with Gasteiger partial charge < -0.3 is 10.4 Å². The first kappa shape index (κ1) is 11.2. The van der Waals surface area contributed by atoms with Crippen LogP contribution in [0.3, 0.4) is 0 Å². The maximum atomic E-state index is 9.01. The zero-order chi connectivity index (χ0) is 10.4. The fourth-order valence-electron chi connectivity index (χ4n) is 1.40. The van der Waals surface area contributed by atoms with E-state index >= 15 is 0 Å². The van der Waals surface area contributed by atoms with Crippen molar-refractivity contribution < 1.29 is 5.11 Å². The minimum atomic E-state index is 0.211. The van der Waals surface area contributed by atoms with Gasteiger partial charge in [0.05, 0.1) is 6.61 Å². The molecule has 0 aliphatic heterocycles. The number of aliphatic hydroxyl groups is 1. The average Bonchev–Trinajstić information content (AvgIpc) is 2.22. The number of benzene rings is 1. The monoisotopic (exact) mass is 193 g/mol. The highest BCUT2D eigenvalue weighted by Gasteiger charge is 2.03. The quantitative estimate of drug-likeness (QED) is 0.748. The number of aliphatic hydroxyl groups excluding tert-OH is 1. The Labute approximate surface area is 86.0 Å². The molecule has 0 heterocycles. The van der Waals surface area contributed by atoms with Crippen LogP contribution in [0.15, 0.2) is 24.3 Å². The number of hydrogen-bond donors (Lipinski definition) is 2. The van der Waals surface area contributed by atoms with Gasteiger partial charge in [0.15, 0.2) is 0 Å². The first-order chi connectivity index (χ1) is 6.77. The standard InChI is InChI=1S/C12H19NO/c1-3-12(9-14)13-8-11-7-5-4-6-10(11)2/h4-7,12-14H,3,8-9H2,1-2H3/t12-/m0/s1. The second kappa shape index (κ2) is 5.78. The van der Waals surface area contributed by atoms with Crippen LogP contribution in [0.25, 0.3) is 0 Å². The lowest BCUT2D eigenvalue weighted by Gasteiger charge is -2.14. The van der Waals surface area contributed by atoms with Gasteiger partial charge in [-0.15, -0.1) is 0 Å². The fraction of sp³-hybridized carbons (Fsp3) is 0.500. The highest BCUT2D eigenvalue weighted by molar-refractivity contribution is 5.25. The summed E-state index contributed by atoms with van der Waals surface area (Å²) in [7, 11) is 0. The lowest BCUT2D eigenvalue weighted by molar-refractivity contribution is 0.238. The van der Waals surface area contributed by atoms with E-state index in [2.05, 4.69) is 31.3 Å². The van der Waals surface area contributed by atoms with Gasteiger partial charge in [-0.05, 0) is 24.5 Å². The van der Waals surface area contributed by atoms with Crippen LogP contribution < -0.4 is 5.32 Å². The zero-order valence-electron chi connectivity index (χ0n) is 8.96. The van der Waals surface area contributed by atoms with E-state index in [9.17, 15) is 0 Å². The van der Waals surface area contributed by atoms with Crippen molar-refractivity contribution >= 4 is 0 Å². The van der Waals surface area contributed by atoms with Crippen LogP contribution in [0.1, 0.15) is 24.5 Å². The van der Waals surface area contributed by atoms with Gasteiger partial charge in [-0.1, -0.05) is 31.2 Å². The number of hydrogen-bond acceptors (Lipinski definition) is 2. The van der Waals surface area contributed by atoms with Crippen molar-refractivity contribution in [1.82, 2.24) is 5.32 Å². The molecule has 2 nitrogen and oxygen atoms in total. The van der Waals surface area contributed by atoms with Gasteiger partial charge in [0, 0.05) is 12.6 Å². The lowest BCUT2D eigenvalue weighted by atomic mass is 10.1. The number of rotatable bonds is 5. The minimum absolute atomic E-state index is 0.211. The second-order valence-corrected chi connectivity index (χ2v) is 3.60. The van der Waals surface area contributed by atoms with Crippen LogP contribution in [0, 0.1) is 6.92 Å². The summed E-state index contributed by atoms with van der Waals surface area (Å²) in [6.45, 7) is 5.23. The van der Waals surface area contributed by atoms with Crippen molar-refractivity contribution in [3.8, 4) is 0 Å². The van der Waals surface area contributed by atoms with E-state index in [1.54, 1.807) is 0 Å². The third kappa shape index (κ3) is 3.13. The topological polar surface area (TPSA) is 32.3 Å². The molecule has 1 rings (SSSR count). The predicted octanol–water partition coefficient (Wildman–Crippen LogP) is 1.86. The van der Waals surface area contributed by atoms with E-state index in [1.807, 2.05) is 12.1 Å². The van der Waals surface area contributed by atoms with Crippen molar-refractivity contribution in [2.75, 3.05) is 6.61 Å². The molecule has 0 spiro atoms. The molecule has 0 radical (unpaired) electrons. The summed E-state index contributed by atoms with van der Waals surface area (Å²) in [6.07, 6.45) is 0.961. The van der Waals surface area contributed by atoms with E-state index in [1.165, 1.54) is 11.1 Å². The normalized spacial score (nSPS) is 12.8. The summed E-state index contributed by atoms with van der Waals surface area (Å²) in [5.74, 6) is 0. The molecule has 0 fully saturated rings. The first-order valence-electron chi connectivity index (χ1n) is 5.16. The zero-order valence-corrected chi connectivity index (χ0v) is 8.96. The van der Waals surface area contributed by atoms with Crippen LogP contribution in [-0.2, 0) is 6.54 Å². The maximum Gasteiger partial charge on any atom is 0.0584 e. The van der Waals surface area contributed by atoms with Gasteiger partial charge in [0.2, 0.25) is 0 Å². The molecule has 1 atom stereocenters. The van der Waals surface area contributed by atoms with Crippen molar-refractivity contribution in [3.05, 3.63) is 35.4 Å². The Kier molecular flexibility index (Phi) is 4.63. The molecule has 0 aliphatic carbocycles. The van der Waals surface area contributed by atoms with Crippen LogP contribution in [0.5, 0.6) is 0 Å². The van der Waals surface area contributed by atoms with E-state index in [0.29, 0.717) is 0 Å². The van der Waals surface area contributed by atoms with Crippen molar-refractivity contribution in [3.63, 3.8) is 0 Å². The summed E-state index contributed by atoms with van der Waals surface area (Å²) >= 11 is 0. The van der Waals surface area contributed by atoms with Gasteiger partial charge in [0.1, 0.15) is 0 Å². The van der Waals surface area contributed by atoms with Crippen molar-refractivity contribution in [2.45, 2.75) is 32.9 Å². The maximum absolute atomic E-state index is 9.01. The second-order valence-electron chi connectivity index (χ2n) is 3.60. The van der Waals surface area contributed by atoms with E-state index in [-0.39, 0.29) is 12.6 Å². The third-order valence-electron chi connectivity index (χ3n) is 2.56. The van der Waals surface area contributed by atoms with Gasteiger partial charge in [0.25, 0.3) is 0 Å². The van der Waals surface area contributed by atoms with E-state index < -0.39 is 0 Å². The first-order valence-corrected chi connectivity index (χ1v) is 5.16. The van der Waals surface area contributed by atoms with Crippen molar-refractivity contribution in [2.24, 2.45) is 0 Å². The largest absolute Gasteiger partial charge is 0.395 e. The Morgan fingerprint density at radius 3 is 2.64 bits per heavy atom. The minimum Gasteiger partial charge on any atom is -0.395 e. The summed E-state index contributed by atoms with van der Waals surface area (Å²) in [6, 6.07) is 8.53. The van der Waals surface area contributed by atoms with E-state index in [4.69, 9.17) is 5.11 Å². The molecule has 0 bridgehead atoms. The van der Waals surface area contributed by atoms with Gasteiger partial charge in [-0.25, -0.2) is 0 Å². The Bertz CT molecular complexity index is 269. The predicted molar refractivity (Wildman–Crippen MR) is 59.2 cm³/mol. The fourth-order valence-corrected chi connectivity index (χ4v) is 1.40. The molecular weight excluding hydrogens is 174 g/mol. The molecule has 78 valence electrons. The molecule has 1 aromatic carbocycles.